The van der Waals surface area contributed by atoms with Crippen LogP contribution in [0.4, 0.5) is 99.0 Å². The number of ether oxygens (including phenoxy) is 4. The Labute approximate surface area is 801 Å². The highest BCUT2D eigenvalue weighted by Crippen LogP contribution is 2.39. The molecule has 4 aliphatic rings. The first kappa shape index (κ1) is 103. The molecule has 0 aliphatic carbocycles. The van der Waals surface area contributed by atoms with E-state index in [4.69, 9.17) is 48.9 Å². The van der Waals surface area contributed by atoms with Crippen molar-refractivity contribution >= 4 is 81.1 Å². The molecule has 4 fully saturated rings. The van der Waals surface area contributed by atoms with E-state index in [0.29, 0.717) is 161 Å². The van der Waals surface area contributed by atoms with Crippen molar-refractivity contribution in [3.05, 3.63) is 297 Å². The first-order valence-electron chi connectivity index (χ1n) is 45.0. The molecular formula is C104H104F12N16O8. The van der Waals surface area contributed by atoms with Gasteiger partial charge in [-0.2, -0.15) is 52.7 Å². The quantitative estimate of drug-likeness (QED) is 0.0516. The molecule has 732 valence electrons. The maximum absolute atomic E-state index is 13.0. The lowest BCUT2D eigenvalue weighted by Gasteiger charge is -2.28. The summed E-state index contributed by atoms with van der Waals surface area (Å²) >= 11 is 0. The third-order valence-corrected chi connectivity index (χ3v) is 23.0. The molecule has 0 unspecified atom stereocenters. The van der Waals surface area contributed by atoms with Crippen molar-refractivity contribution in [3.8, 4) is 45.3 Å². The van der Waals surface area contributed by atoms with E-state index < -0.39 is 70.6 Å². The SMILES string of the molecule is C=C(C)c1cc(-c2cc(NC(=O)c3cccc(C(F)(F)F)c3)ccc2C)nc(N2CCOCC2)n1.C=C(C)c1cc(N2CCOCC2)nc(-c2cc(NC(=O)c3cccc(C(F)(F)F)c3)ccc2C)n1.Cc1ccc(NC(=O)c2cccc(C(F)(F)F)c2)cc1-c1cc(C(C)C)nc(N2CCOCC2)n1.Cc1ccc(NC(=O)c2cccc(C(F)(F)F)c2)cc1-c1nc(C(C)C)cc(N2CCOCC2)n1. The number of nitrogens with one attached hydrogen (secondary N) is 4. The Morgan fingerprint density at radius 1 is 0.314 bits per heavy atom. The monoisotopic (exact) mass is 1930 g/mol. The second kappa shape index (κ2) is 45.1. The van der Waals surface area contributed by atoms with Gasteiger partial charge in [-0.1, -0.05) is 89.4 Å². The van der Waals surface area contributed by atoms with E-state index in [1.165, 1.54) is 48.5 Å². The van der Waals surface area contributed by atoms with E-state index in [1.54, 1.807) is 48.5 Å². The van der Waals surface area contributed by atoms with Gasteiger partial charge in [0, 0.05) is 143 Å². The van der Waals surface area contributed by atoms with Gasteiger partial charge in [0.1, 0.15) is 11.6 Å². The number of aromatic nitrogens is 8. The van der Waals surface area contributed by atoms with Gasteiger partial charge in [0.25, 0.3) is 23.6 Å². The Morgan fingerprint density at radius 3 is 0.914 bits per heavy atom. The number of halogens is 12. The van der Waals surface area contributed by atoms with Crippen LogP contribution in [0.2, 0.25) is 0 Å². The van der Waals surface area contributed by atoms with E-state index in [-0.39, 0.29) is 34.1 Å². The molecule has 8 aromatic carbocycles. The van der Waals surface area contributed by atoms with Gasteiger partial charge in [-0.3, -0.25) is 19.2 Å². The number of anilines is 8. The van der Waals surface area contributed by atoms with Gasteiger partial charge in [0.2, 0.25) is 11.9 Å². The van der Waals surface area contributed by atoms with E-state index in [2.05, 4.69) is 86.8 Å². The highest BCUT2D eigenvalue weighted by Gasteiger charge is 2.36. The van der Waals surface area contributed by atoms with Gasteiger partial charge < -0.3 is 59.8 Å². The number of benzene rings is 8. The molecule has 0 spiro atoms. The average molecular weight is 1930 g/mol. The van der Waals surface area contributed by atoms with Crippen molar-refractivity contribution in [2.45, 2.75) is 106 Å². The zero-order valence-electron chi connectivity index (χ0n) is 78.5. The first-order valence-corrected chi connectivity index (χ1v) is 45.0. The van der Waals surface area contributed by atoms with Gasteiger partial charge >= 0.3 is 24.7 Å². The standard InChI is InChI=1S/C26H27F3N4O2.C26H25F3N4O2.C26H27F3N4O2.C26H25F3N4O2/c2*1-16(2)22-15-23(33-9-11-35-12-10-33)32-24(31-22)21-14-20(8-7-17(21)3)30-25(34)18-5-4-6-19(13-18)26(27,28)29;2*1-16(2)22-15-23(32-25(31-22)33-9-11-35-12-10-33)21-14-20(8-7-17(21)3)30-24(34)18-5-4-6-19(13-18)26(27,28)29/h4-8,13-16H,9-12H2,1-3H3,(H,30,34);4-8,13-15H,1,9-12H2,2-3H3,(H,30,34);4-8,13-16H,9-12H2,1-3H3,(H,30,34);4-8,13-15H,1,9-12H2,2-3H3,(H,30,34). The fourth-order valence-corrected chi connectivity index (χ4v) is 15.0. The fraction of sp³-hybridized carbons (Fsp3) is 0.308. The minimum atomic E-state index is -4.53. The molecule has 4 saturated heterocycles. The second-order valence-corrected chi connectivity index (χ2v) is 34.3. The Balaban J connectivity index is 0.000000157. The van der Waals surface area contributed by atoms with Crippen LogP contribution in [0, 0.1) is 27.7 Å². The lowest BCUT2D eigenvalue weighted by molar-refractivity contribution is -0.138. The smallest absolute Gasteiger partial charge is 0.378 e. The maximum Gasteiger partial charge on any atom is 0.416 e. The molecule has 4 aromatic heterocycles. The van der Waals surface area contributed by atoms with Crippen LogP contribution in [0.3, 0.4) is 0 Å². The third kappa shape index (κ3) is 27.2. The third-order valence-electron chi connectivity index (χ3n) is 23.0. The number of nitrogens with zero attached hydrogens (tertiary/aromatic N) is 12. The number of allylic oxidation sites excluding steroid dienone is 2. The van der Waals surface area contributed by atoms with Crippen molar-refractivity contribution < 1.29 is 90.8 Å². The molecule has 36 heteroatoms. The normalized spacial score (nSPS) is 14.2. The number of alkyl halides is 12. The Hall–Kier alpha value is -14.4. The first-order chi connectivity index (χ1) is 66.5. The van der Waals surface area contributed by atoms with Crippen LogP contribution in [0.25, 0.3) is 56.4 Å². The predicted octanol–water partition coefficient (Wildman–Crippen LogP) is 22.6. The van der Waals surface area contributed by atoms with Crippen molar-refractivity contribution in [3.63, 3.8) is 0 Å². The average Bonchev–Trinajstić information content (AvgIpc) is 0.805. The number of carbonyl (C=O) groups is 4. The zero-order chi connectivity index (χ0) is 101. The lowest BCUT2D eigenvalue weighted by Crippen LogP contribution is -2.37. The zero-order valence-corrected chi connectivity index (χ0v) is 78.5. The van der Waals surface area contributed by atoms with E-state index >= 15 is 0 Å². The van der Waals surface area contributed by atoms with Crippen molar-refractivity contribution in [1.29, 1.82) is 0 Å². The van der Waals surface area contributed by atoms with Crippen LogP contribution in [0.15, 0.2) is 207 Å². The van der Waals surface area contributed by atoms with E-state index in [1.807, 2.05) is 95.0 Å². The summed E-state index contributed by atoms with van der Waals surface area (Å²) in [6, 6.07) is 46.2. The number of carbonyl (C=O) groups excluding carboxylic acids is 4. The van der Waals surface area contributed by atoms with Crippen LogP contribution in [0.1, 0.15) is 162 Å². The largest absolute Gasteiger partial charge is 0.416 e. The summed E-state index contributed by atoms with van der Waals surface area (Å²) in [6.45, 7) is 38.2. The fourth-order valence-electron chi connectivity index (χ4n) is 15.0. The molecule has 0 radical (unpaired) electrons. The molecule has 12 aromatic rings. The molecule has 0 saturated carbocycles. The summed E-state index contributed by atoms with van der Waals surface area (Å²) in [4.78, 5) is 97.2. The summed E-state index contributed by atoms with van der Waals surface area (Å²) in [5, 5.41) is 10.8. The molecule has 140 heavy (non-hydrogen) atoms. The van der Waals surface area contributed by atoms with Crippen LogP contribution in [0.5, 0.6) is 0 Å². The number of aryl methyl sites for hydroxylation is 4. The van der Waals surface area contributed by atoms with Crippen molar-refractivity contribution in [2.75, 3.05) is 146 Å². The van der Waals surface area contributed by atoms with Crippen molar-refractivity contribution in [2.24, 2.45) is 0 Å². The minimum Gasteiger partial charge on any atom is -0.378 e. The molecule has 4 N–H and O–H groups in total. The van der Waals surface area contributed by atoms with Crippen LogP contribution in [-0.2, 0) is 43.7 Å². The lowest BCUT2D eigenvalue weighted by atomic mass is 10.0. The van der Waals surface area contributed by atoms with Crippen LogP contribution < -0.4 is 40.9 Å². The molecule has 4 aliphatic heterocycles. The van der Waals surface area contributed by atoms with Crippen LogP contribution in [-0.4, -0.2) is 169 Å². The Morgan fingerprint density at radius 2 is 0.593 bits per heavy atom. The predicted molar refractivity (Wildman–Crippen MR) is 516 cm³/mol. The molecule has 24 nitrogen and oxygen atoms in total. The van der Waals surface area contributed by atoms with Gasteiger partial charge in [0.05, 0.1) is 97.9 Å². The number of rotatable bonds is 20. The number of hydrogen-bond donors (Lipinski definition) is 4. The molecule has 4 amide bonds. The Bertz CT molecular complexity index is 6140. The topological polar surface area (TPSA) is 269 Å². The van der Waals surface area contributed by atoms with Gasteiger partial charge in [0.15, 0.2) is 11.6 Å². The van der Waals surface area contributed by atoms with Crippen LogP contribution >= 0.6 is 0 Å². The Kier molecular flexibility index (Phi) is 33.2. The molecule has 16 rings (SSSR count). The summed E-state index contributed by atoms with van der Waals surface area (Å²) in [7, 11) is 0. The van der Waals surface area contributed by atoms with Gasteiger partial charge in [-0.25, -0.2) is 39.9 Å². The van der Waals surface area contributed by atoms with Gasteiger partial charge in [-0.05, 0) is 220 Å². The minimum absolute atomic E-state index is 0.0688. The summed E-state index contributed by atoms with van der Waals surface area (Å²) in [5.41, 5.74) is 10.8. The number of morpholine rings is 4. The summed E-state index contributed by atoms with van der Waals surface area (Å²) in [5.74, 6) is 1.62. The molecule has 0 atom stereocenters. The number of hydrogen-bond acceptors (Lipinski definition) is 20. The maximum atomic E-state index is 13.0. The molecular weight excluding hydrogens is 1830 g/mol. The van der Waals surface area contributed by atoms with E-state index in [9.17, 15) is 71.9 Å². The van der Waals surface area contributed by atoms with E-state index in [0.717, 1.165) is 140 Å². The molecule has 0 bridgehead atoms. The highest BCUT2D eigenvalue weighted by atomic mass is 19.4. The highest BCUT2D eigenvalue weighted by molar-refractivity contribution is 6.07. The van der Waals surface area contributed by atoms with Gasteiger partial charge in [-0.15, -0.1) is 0 Å². The van der Waals surface area contributed by atoms with Crippen molar-refractivity contribution in [1.82, 2.24) is 39.9 Å². The molecule has 8 heterocycles. The summed E-state index contributed by atoms with van der Waals surface area (Å²) in [6.07, 6.45) is -18.1. The number of amides is 4. The summed E-state index contributed by atoms with van der Waals surface area (Å²) < 4.78 is 178. The second-order valence-electron chi connectivity index (χ2n) is 34.3.